The Labute approximate surface area is 115 Å². The summed E-state index contributed by atoms with van der Waals surface area (Å²) in [6.45, 7) is 5.53. The zero-order chi connectivity index (χ0) is 13.7. The van der Waals surface area contributed by atoms with E-state index in [1.165, 1.54) is 0 Å². The number of furan rings is 2. The summed E-state index contributed by atoms with van der Waals surface area (Å²) in [5.41, 5.74) is 2.37. The molecule has 2 heterocycles. The summed E-state index contributed by atoms with van der Waals surface area (Å²) >= 11 is 6.39. The first-order chi connectivity index (χ1) is 8.97. The molecule has 1 aromatic carbocycles. The van der Waals surface area contributed by atoms with Crippen LogP contribution in [0.4, 0.5) is 0 Å². The van der Waals surface area contributed by atoms with E-state index in [2.05, 4.69) is 0 Å². The van der Waals surface area contributed by atoms with Crippen LogP contribution < -0.4 is 0 Å². The SMILES string of the molecule is Cc1cc2c(CC(C)O)c3oc(C)cc3c(Cl)c2o1. The summed E-state index contributed by atoms with van der Waals surface area (Å²) in [6.07, 6.45) is 0.0593. The van der Waals surface area contributed by atoms with E-state index in [0.29, 0.717) is 17.0 Å². The van der Waals surface area contributed by atoms with E-state index in [0.717, 1.165) is 33.4 Å². The van der Waals surface area contributed by atoms with E-state index in [9.17, 15) is 5.11 Å². The van der Waals surface area contributed by atoms with Crippen LogP contribution in [0.3, 0.4) is 0 Å². The molecule has 0 saturated carbocycles. The number of rotatable bonds is 2. The monoisotopic (exact) mass is 278 g/mol. The molecule has 2 aromatic heterocycles. The Balaban J connectivity index is 2.47. The molecule has 0 spiro atoms. The predicted octanol–water partition coefficient (Wildman–Crippen LogP) is 4.37. The number of aliphatic hydroxyl groups is 1. The summed E-state index contributed by atoms with van der Waals surface area (Å²) in [4.78, 5) is 0. The van der Waals surface area contributed by atoms with Crippen molar-refractivity contribution in [3.05, 3.63) is 34.2 Å². The van der Waals surface area contributed by atoms with Gasteiger partial charge in [-0.1, -0.05) is 11.6 Å². The van der Waals surface area contributed by atoms with Crippen LogP contribution in [-0.4, -0.2) is 11.2 Å². The van der Waals surface area contributed by atoms with Gasteiger partial charge in [0.25, 0.3) is 0 Å². The lowest BCUT2D eigenvalue weighted by Gasteiger charge is -2.07. The van der Waals surface area contributed by atoms with Crippen LogP contribution in [-0.2, 0) is 6.42 Å². The molecule has 3 rings (SSSR count). The van der Waals surface area contributed by atoms with Crippen LogP contribution in [0.25, 0.3) is 21.9 Å². The van der Waals surface area contributed by atoms with Crippen molar-refractivity contribution in [2.45, 2.75) is 33.3 Å². The van der Waals surface area contributed by atoms with Gasteiger partial charge < -0.3 is 13.9 Å². The van der Waals surface area contributed by atoms with Gasteiger partial charge in [-0.2, -0.15) is 0 Å². The Kier molecular flexibility index (Phi) is 2.84. The minimum absolute atomic E-state index is 0.451. The molecule has 0 saturated heterocycles. The van der Waals surface area contributed by atoms with Crippen LogP contribution in [0.5, 0.6) is 0 Å². The molecule has 1 unspecified atom stereocenters. The molecule has 100 valence electrons. The number of halogens is 1. The van der Waals surface area contributed by atoms with Crippen molar-refractivity contribution in [3.63, 3.8) is 0 Å². The van der Waals surface area contributed by atoms with Gasteiger partial charge in [0.2, 0.25) is 0 Å². The van der Waals surface area contributed by atoms with Crippen LogP contribution >= 0.6 is 11.6 Å². The van der Waals surface area contributed by atoms with Crippen molar-refractivity contribution in [2.75, 3.05) is 0 Å². The van der Waals surface area contributed by atoms with Gasteiger partial charge in [0.1, 0.15) is 17.1 Å². The fourth-order valence-electron chi connectivity index (χ4n) is 2.55. The minimum Gasteiger partial charge on any atom is -0.461 e. The number of hydrogen-bond donors (Lipinski definition) is 1. The van der Waals surface area contributed by atoms with E-state index in [4.69, 9.17) is 20.4 Å². The second-order valence-electron chi connectivity index (χ2n) is 5.05. The van der Waals surface area contributed by atoms with E-state index >= 15 is 0 Å². The minimum atomic E-state index is -0.451. The van der Waals surface area contributed by atoms with Crippen LogP contribution in [0, 0.1) is 13.8 Å². The summed E-state index contributed by atoms with van der Waals surface area (Å²) in [7, 11) is 0. The normalized spacial score (nSPS) is 13.5. The second kappa shape index (κ2) is 4.29. The van der Waals surface area contributed by atoms with Crippen LogP contribution in [0.15, 0.2) is 21.0 Å². The molecule has 1 atom stereocenters. The zero-order valence-electron chi connectivity index (χ0n) is 11.1. The van der Waals surface area contributed by atoms with E-state index in [-0.39, 0.29) is 0 Å². The van der Waals surface area contributed by atoms with Gasteiger partial charge in [-0.25, -0.2) is 0 Å². The summed E-state index contributed by atoms with van der Waals surface area (Å²) < 4.78 is 11.4. The van der Waals surface area contributed by atoms with E-state index in [1.54, 1.807) is 6.92 Å². The fourth-order valence-corrected chi connectivity index (χ4v) is 2.83. The third kappa shape index (κ3) is 1.94. The lowest BCUT2D eigenvalue weighted by Crippen LogP contribution is -2.04. The third-order valence-corrected chi connectivity index (χ3v) is 3.62. The number of fused-ring (bicyclic) bond motifs is 2. The van der Waals surface area contributed by atoms with E-state index in [1.807, 2.05) is 26.0 Å². The first kappa shape index (κ1) is 12.6. The molecular weight excluding hydrogens is 264 g/mol. The summed E-state index contributed by atoms with van der Waals surface area (Å²) in [5.74, 6) is 1.60. The molecule has 3 nitrogen and oxygen atoms in total. The topological polar surface area (TPSA) is 46.5 Å². The molecule has 0 radical (unpaired) electrons. The van der Waals surface area contributed by atoms with Gasteiger partial charge in [0.05, 0.1) is 11.1 Å². The van der Waals surface area contributed by atoms with Crippen molar-refractivity contribution in [1.82, 2.24) is 0 Å². The van der Waals surface area contributed by atoms with E-state index < -0.39 is 6.10 Å². The smallest absolute Gasteiger partial charge is 0.154 e. The molecule has 0 aliphatic heterocycles. The average Bonchev–Trinajstić information content (AvgIpc) is 2.87. The zero-order valence-corrected chi connectivity index (χ0v) is 11.8. The Morgan fingerprint density at radius 3 is 2.32 bits per heavy atom. The van der Waals surface area contributed by atoms with Gasteiger partial charge in [-0.15, -0.1) is 0 Å². The first-order valence-corrected chi connectivity index (χ1v) is 6.64. The summed E-state index contributed by atoms with van der Waals surface area (Å²) in [5, 5.41) is 12.0. The Morgan fingerprint density at radius 2 is 1.68 bits per heavy atom. The highest BCUT2D eigenvalue weighted by Gasteiger charge is 2.20. The molecule has 4 heteroatoms. The highest BCUT2D eigenvalue weighted by molar-refractivity contribution is 6.40. The Bertz CT molecular complexity index is 707. The molecule has 19 heavy (non-hydrogen) atoms. The number of aryl methyl sites for hydroxylation is 2. The molecule has 0 fully saturated rings. The maximum atomic E-state index is 9.70. The van der Waals surface area contributed by atoms with Crippen molar-refractivity contribution in [1.29, 1.82) is 0 Å². The molecular formula is C15H15ClO3. The average molecular weight is 279 g/mol. The summed E-state index contributed by atoms with van der Waals surface area (Å²) in [6, 6.07) is 3.84. The molecule has 3 aromatic rings. The van der Waals surface area contributed by atoms with Gasteiger partial charge >= 0.3 is 0 Å². The lowest BCUT2D eigenvalue weighted by atomic mass is 10.0. The maximum Gasteiger partial charge on any atom is 0.154 e. The molecule has 0 bridgehead atoms. The molecule has 1 N–H and O–H groups in total. The molecule has 0 aliphatic carbocycles. The van der Waals surface area contributed by atoms with Gasteiger partial charge in [-0.05, 0) is 32.9 Å². The van der Waals surface area contributed by atoms with Crippen molar-refractivity contribution in [2.24, 2.45) is 0 Å². The largest absolute Gasteiger partial charge is 0.461 e. The maximum absolute atomic E-state index is 9.70. The second-order valence-corrected chi connectivity index (χ2v) is 5.42. The van der Waals surface area contributed by atoms with Crippen molar-refractivity contribution >= 4 is 33.5 Å². The highest BCUT2D eigenvalue weighted by atomic mass is 35.5. The van der Waals surface area contributed by atoms with Crippen molar-refractivity contribution < 1.29 is 13.9 Å². The van der Waals surface area contributed by atoms with Crippen molar-refractivity contribution in [3.8, 4) is 0 Å². The first-order valence-electron chi connectivity index (χ1n) is 6.26. The predicted molar refractivity (Wildman–Crippen MR) is 75.9 cm³/mol. The van der Waals surface area contributed by atoms with Gasteiger partial charge in [-0.3, -0.25) is 0 Å². The standard InChI is InChI=1S/C15H15ClO3/c1-7(17)4-10-11-5-8(2)19-15(11)13(16)12-6-9(3)18-14(10)12/h5-7,17H,4H2,1-3H3. The molecule has 0 amide bonds. The fraction of sp³-hybridized carbons (Fsp3) is 0.333. The molecule has 0 aliphatic rings. The van der Waals surface area contributed by atoms with Gasteiger partial charge in [0.15, 0.2) is 5.58 Å². The quantitative estimate of drug-likeness (QED) is 0.757. The number of benzene rings is 1. The number of hydrogen-bond acceptors (Lipinski definition) is 3. The number of aliphatic hydroxyl groups excluding tert-OH is 1. The third-order valence-electron chi connectivity index (χ3n) is 3.25. The highest BCUT2D eigenvalue weighted by Crippen LogP contribution is 2.39. The lowest BCUT2D eigenvalue weighted by molar-refractivity contribution is 0.196. The van der Waals surface area contributed by atoms with Gasteiger partial charge in [0, 0.05) is 22.8 Å². The van der Waals surface area contributed by atoms with Crippen LogP contribution in [0.2, 0.25) is 5.02 Å². The Hall–Kier alpha value is -1.45. The van der Waals surface area contributed by atoms with Crippen LogP contribution in [0.1, 0.15) is 24.0 Å². The Morgan fingerprint density at radius 1 is 1.11 bits per heavy atom.